The predicted molar refractivity (Wildman–Crippen MR) is 74.6 cm³/mol. The van der Waals surface area contributed by atoms with Gasteiger partial charge in [-0.25, -0.2) is 0 Å². The van der Waals surface area contributed by atoms with Gasteiger partial charge in [-0.1, -0.05) is 31.5 Å². The molecule has 0 atom stereocenters. The molecule has 1 saturated heterocycles. The Balaban J connectivity index is 1.80. The van der Waals surface area contributed by atoms with Crippen LogP contribution in [0.3, 0.4) is 0 Å². The minimum absolute atomic E-state index is 1.07. The van der Waals surface area contributed by atoms with Crippen molar-refractivity contribution in [1.82, 2.24) is 4.90 Å². The number of rotatable bonds is 6. The van der Waals surface area contributed by atoms with Gasteiger partial charge in [-0.3, -0.25) is 0 Å². The molecule has 0 radical (unpaired) electrons. The van der Waals surface area contributed by atoms with Gasteiger partial charge in [0.1, 0.15) is 0 Å². The van der Waals surface area contributed by atoms with Gasteiger partial charge in [0.05, 0.1) is 0 Å². The van der Waals surface area contributed by atoms with E-state index in [0.29, 0.717) is 0 Å². The van der Waals surface area contributed by atoms with Crippen molar-refractivity contribution in [2.24, 2.45) is 0 Å². The lowest BCUT2D eigenvalue weighted by Crippen LogP contribution is -2.26. The number of nitrogens with one attached hydrogen (secondary N) is 1. The van der Waals surface area contributed by atoms with Gasteiger partial charge in [-0.05, 0) is 44.0 Å². The SMILES string of the molecule is CCCc1ccccc1NCCN1CCCC1. The first-order valence-corrected chi connectivity index (χ1v) is 6.94. The van der Waals surface area contributed by atoms with Crippen LogP contribution in [0.15, 0.2) is 24.3 Å². The maximum atomic E-state index is 3.58. The van der Waals surface area contributed by atoms with Gasteiger partial charge in [-0.15, -0.1) is 0 Å². The summed E-state index contributed by atoms with van der Waals surface area (Å²) >= 11 is 0. The molecule has 0 unspecified atom stereocenters. The monoisotopic (exact) mass is 232 g/mol. The summed E-state index contributed by atoms with van der Waals surface area (Å²) in [7, 11) is 0. The standard InChI is InChI=1S/C15H24N2/c1-2-7-14-8-3-4-9-15(14)16-10-13-17-11-5-6-12-17/h3-4,8-9,16H,2,5-7,10-13H2,1H3. The average Bonchev–Trinajstić information content (AvgIpc) is 2.85. The quantitative estimate of drug-likeness (QED) is 0.810. The Kier molecular flexibility index (Phi) is 4.87. The second-order valence-corrected chi connectivity index (χ2v) is 4.88. The minimum atomic E-state index is 1.07. The molecule has 1 heterocycles. The number of hydrogen-bond acceptors (Lipinski definition) is 2. The molecule has 2 rings (SSSR count). The Hall–Kier alpha value is -1.02. The number of likely N-dealkylation sites (tertiary alicyclic amines) is 1. The van der Waals surface area contributed by atoms with Gasteiger partial charge in [-0.2, -0.15) is 0 Å². The predicted octanol–water partition coefficient (Wildman–Crippen LogP) is 3.15. The van der Waals surface area contributed by atoms with E-state index in [2.05, 4.69) is 41.4 Å². The van der Waals surface area contributed by atoms with E-state index >= 15 is 0 Å². The molecule has 17 heavy (non-hydrogen) atoms. The summed E-state index contributed by atoms with van der Waals surface area (Å²) < 4.78 is 0. The molecule has 1 fully saturated rings. The summed E-state index contributed by atoms with van der Waals surface area (Å²) in [5.41, 5.74) is 2.78. The molecule has 0 aromatic heterocycles. The average molecular weight is 232 g/mol. The van der Waals surface area contributed by atoms with E-state index in [-0.39, 0.29) is 0 Å². The molecule has 1 aromatic rings. The van der Waals surface area contributed by atoms with Crippen LogP contribution in [0.4, 0.5) is 5.69 Å². The molecule has 0 bridgehead atoms. The van der Waals surface area contributed by atoms with Crippen LogP contribution in [-0.2, 0) is 6.42 Å². The van der Waals surface area contributed by atoms with E-state index in [0.717, 1.165) is 6.54 Å². The highest BCUT2D eigenvalue weighted by atomic mass is 15.1. The van der Waals surface area contributed by atoms with Crippen LogP contribution in [0.5, 0.6) is 0 Å². The van der Waals surface area contributed by atoms with Gasteiger partial charge in [0.15, 0.2) is 0 Å². The maximum absolute atomic E-state index is 3.58. The summed E-state index contributed by atoms with van der Waals surface area (Å²) in [6, 6.07) is 8.70. The van der Waals surface area contributed by atoms with Crippen LogP contribution in [-0.4, -0.2) is 31.1 Å². The van der Waals surface area contributed by atoms with Gasteiger partial charge in [0, 0.05) is 18.8 Å². The van der Waals surface area contributed by atoms with Crippen LogP contribution >= 0.6 is 0 Å². The number of para-hydroxylation sites is 1. The molecular weight excluding hydrogens is 208 g/mol. The fourth-order valence-electron chi connectivity index (χ4n) is 2.54. The van der Waals surface area contributed by atoms with Crippen LogP contribution in [0.2, 0.25) is 0 Å². The molecule has 1 aromatic carbocycles. The summed E-state index contributed by atoms with van der Waals surface area (Å²) in [6.45, 7) is 7.07. The molecular formula is C15H24N2. The van der Waals surface area contributed by atoms with Crippen LogP contribution < -0.4 is 5.32 Å². The van der Waals surface area contributed by atoms with Gasteiger partial charge in [0.2, 0.25) is 0 Å². The highest BCUT2D eigenvalue weighted by Crippen LogP contribution is 2.16. The zero-order valence-corrected chi connectivity index (χ0v) is 10.9. The van der Waals surface area contributed by atoms with Gasteiger partial charge < -0.3 is 10.2 Å². The molecule has 1 N–H and O–H groups in total. The molecule has 0 amide bonds. The number of benzene rings is 1. The van der Waals surface area contributed by atoms with Crippen molar-refractivity contribution in [1.29, 1.82) is 0 Å². The van der Waals surface area contributed by atoms with Crippen LogP contribution in [0.1, 0.15) is 31.7 Å². The Labute approximate surface area is 105 Å². The topological polar surface area (TPSA) is 15.3 Å². The van der Waals surface area contributed by atoms with Crippen molar-refractivity contribution >= 4 is 5.69 Å². The molecule has 2 nitrogen and oxygen atoms in total. The van der Waals surface area contributed by atoms with Crippen molar-refractivity contribution < 1.29 is 0 Å². The van der Waals surface area contributed by atoms with Crippen molar-refractivity contribution in [3.05, 3.63) is 29.8 Å². The minimum Gasteiger partial charge on any atom is -0.384 e. The van der Waals surface area contributed by atoms with Gasteiger partial charge >= 0.3 is 0 Å². The fourth-order valence-corrected chi connectivity index (χ4v) is 2.54. The first-order chi connectivity index (χ1) is 8.40. The molecule has 94 valence electrons. The first kappa shape index (κ1) is 12.4. The van der Waals surface area contributed by atoms with E-state index in [1.54, 1.807) is 0 Å². The summed E-state index contributed by atoms with van der Waals surface area (Å²) in [4.78, 5) is 2.55. The van der Waals surface area contributed by atoms with Gasteiger partial charge in [0.25, 0.3) is 0 Å². The van der Waals surface area contributed by atoms with Crippen molar-refractivity contribution in [3.8, 4) is 0 Å². The first-order valence-electron chi connectivity index (χ1n) is 6.94. The molecule has 0 aliphatic carbocycles. The molecule has 2 heteroatoms. The third kappa shape index (κ3) is 3.74. The molecule has 1 aliphatic rings. The second kappa shape index (κ2) is 6.65. The summed E-state index contributed by atoms with van der Waals surface area (Å²) in [5, 5.41) is 3.58. The zero-order chi connectivity index (χ0) is 11.9. The summed E-state index contributed by atoms with van der Waals surface area (Å²) in [5.74, 6) is 0. The normalized spacial score (nSPS) is 16.3. The highest BCUT2D eigenvalue weighted by Gasteiger charge is 2.10. The lowest BCUT2D eigenvalue weighted by atomic mass is 10.1. The van der Waals surface area contributed by atoms with E-state index in [1.807, 2.05) is 0 Å². The third-order valence-electron chi connectivity index (χ3n) is 3.48. The zero-order valence-electron chi connectivity index (χ0n) is 10.9. The Morgan fingerprint density at radius 1 is 1.18 bits per heavy atom. The number of hydrogen-bond donors (Lipinski definition) is 1. The van der Waals surface area contributed by atoms with E-state index in [9.17, 15) is 0 Å². The molecule has 1 aliphatic heterocycles. The molecule has 0 saturated carbocycles. The number of nitrogens with zero attached hydrogens (tertiary/aromatic N) is 1. The summed E-state index contributed by atoms with van der Waals surface area (Å²) in [6.07, 6.45) is 5.15. The lowest BCUT2D eigenvalue weighted by molar-refractivity contribution is 0.352. The van der Waals surface area contributed by atoms with Crippen molar-refractivity contribution in [2.75, 3.05) is 31.5 Å². The largest absolute Gasteiger partial charge is 0.384 e. The number of aryl methyl sites for hydroxylation is 1. The number of anilines is 1. The smallest absolute Gasteiger partial charge is 0.0373 e. The lowest BCUT2D eigenvalue weighted by Gasteiger charge is -2.16. The van der Waals surface area contributed by atoms with E-state index in [1.165, 1.54) is 56.6 Å². The van der Waals surface area contributed by atoms with E-state index < -0.39 is 0 Å². The Morgan fingerprint density at radius 2 is 1.94 bits per heavy atom. The van der Waals surface area contributed by atoms with Crippen molar-refractivity contribution in [3.63, 3.8) is 0 Å². The van der Waals surface area contributed by atoms with Crippen molar-refractivity contribution in [2.45, 2.75) is 32.6 Å². The maximum Gasteiger partial charge on any atom is 0.0373 e. The molecule has 0 spiro atoms. The fraction of sp³-hybridized carbons (Fsp3) is 0.600. The Bertz CT molecular complexity index is 329. The highest BCUT2D eigenvalue weighted by molar-refractivity contribution is 5.51. The van der Waals surface area contributed by atoms with E-state index in [4.69, 9.17) is 0 Å². The third-order valence-corrected chi connectivity index (χ3v) is 3.48. The van der Waals surface area contributed by atoms with Crippen LogP contribution in [0, 0.1) is 0 Å². The van der Waals surface area contributed by atoms with Crippen LogP contribution in [0.25, 0.3) is 0 Å². The second-order valence-electron chi connectivity index (χ2n) is 4.88. The Morgan fingerprint density at radius 3 is 2.71 bits per heavy atom.